The average molecular weight is 314 g/mol. The summed E-state index contributed by atoms with van der Waals surface area (Å²) >= 11 is 14.2. The van der Waals surface area contributed by atoms with Crippen molar-refractivity contribution in [3.63, 3.8) is 0 Å². The van der Waals surface area contributed by atoms with Crippen LogP contribution in [-0.2, 0) is 6.54 Å². The lowest BCUT2D eigenvalue weighted by atomic mass is 10.1. The topological polar surface area (TPSA) is 12.0 Å². The van der Waals surface area contributed by atoms with E-state index in [0.29, 0.717) is 0 Å². The predicted octanol–water partition coefficient (Wildman–Crippen LogP) is 5.53. The predicted molar refractivity (Wildman–Crippen MR) is 86.5 cm³/mol. The molecule has 1 heterocycles. The molecule has 102 valence electrons. The summed E-state index contributed by atoms with van der Waals surface area (Å²) in [6, 6.07) is 8.13. The number of hydrogen-bond donors (Lipinski definition) is 1. The molecular formula is C15H17Cl2NS. The molecule has 4 heteroatoms. The molecule has 0 aliphatic carbocycles. The first kappa shape index (κ1) is 14.9. The number of rotatable bonds is 5. The highest BCUT2D eigenvalue weighted by molar-refractivity contribution is 7.15. The largest absolute Gasteiger partial charge is 0.312 e. The van der Waals surface area contributed by atoms with Gasteiger partial charge in [-0.15, -0.1) is 11.3 Å². The second-order valence-corrected chi connectivity index (χ2v) is 6.51. The highest BCUT2D eigenvalue weighted by Crippen LogP contribution is 2.36. The third kappa shape index (κ3) is 3.73. The maximum absolute atomic E-state index is 6.30. The number of halogens is 2. The minimum Gasteiger partial charge on any atom is -0.312 e. The number of aryl methyl sites for hydroxylation is 1. The lowest BCUT2D eigenvalue weighted by Gasteiger charge is -2.05. The zero-order chi connectivity index (χ0) is 13.8. The van der Waals surface area contributed by atoms with Crippen LogP contribution in [0, 0.1) is 6.92 Å². The highest BCUT2D eigenvalue weighted by Gasteiger charge is 2.09. The molecule has 2 aromatic rings. The Hall–Kier alpha value is -0.540. The minimum atomic E-state index is 0.761. The second-order valence-electron chi connectivity index (χ2n) is 4.52. The van der Waals surface area contributed by atoms with E-state index in [1.54, 1.807) is 11.3 Å². The molecule has 0 aliphatic heterocycles. The fourth-order valence-electron chi connectivity index (χ4n) is 1.84. The van der Waals surface area contributed by atoms with Crippen molar-refractivity contribution in [3.05, 3.63) is 44.8 Å². The van der Waals surface area contributed by atoms with Crippen molar-refractivity contribution in [1.29, 1.82) is 0 Å². The maximum atomic E-state index is 6.30. The molecule has 0 unspecified atom stereocenters. The van der Waals surface area contributed by atoms with Crippen LogP contribution < -0.4 is 5.32 Å². The van der Waals surface area contributed by atoms with Gasteiger partial charge in [0.25, 0.3) is 0 Å². The lowest BCUT2D eigenvalue weighted by molar-refractivity contribution is 0.681. The molecule has 0 bridgehead atoms. The first-order valence-corrected chi connectivity index (χ1v) is 7.94. The molecule has 0 radical (unpaired) electrons. The van der Waals surface area contributed by atoms with Crippen LogP contribution in [-0.4, -0.2) is 6.54 Å². The van der Waals surface area contributed by atoms with Gasteiger partial charge in [-0.2, -0.15) is 0 Å². The number of hydrogen-bond acceptors (Lipinski definition) is 2. The molecule has 0 saturated carbocycles. The fourth-order valence-corrected chi connectivity index (χ4v) is 3.39. The van der Waals surface area contributed by atoms with Crippen molar-refractivity contribution in [1.82, 2.24) is 5.32 Å². The molecule has 2 rings (SSSR count). The Kier molecular flexibility index (Phi) is 5.28. The Labute approximate surface area is 128 Å². The van der Waals surface area contributed by atoms with E-state index in [4.69, 9.17) is 23.2 Å². The van der Waals surface area contributed by atoms with Gasteiger partial charge in [-0.3, -0.25) is 0 Å². The van der Waals surface area contributed by atoms with E-state index >= 15 is 0 Å². The van der Waals surface area contributed by atoms with Crippen molar-refractivity contribution < 1.29 is 0 Å². The molecule has 0 atom stereocenters. The van der Waals surface area contributed by atoms with Crippen molar-refractivity contribution in [2.45, 2.75) is 26.8 Å². The van der Waals surface area contributed by atoms with Crippen LogP contribution in [0.4, 0.5) is 0 Å². The van der Waals surface area contributed by atoms with Gasteiger partial charge in [-0.25, -0.2) is 0 Å². The van der Waals surface area contributed by atoms with Gasteiger partial charge in [-0.1, -0.05) is 30.1 Å². The molecule has 1 aromatic heterocycles. The van der Waals surface area contributed by atoms with Crippen LogP contribution in [0.25, 0.3) is 10.4 Å². The molecule has 0 saturated heterocycles. The fraction of sp³-hybridized carbons (Fsp3) is 0.333. The smallest absolute Gasteiger partial charge is 0.0496 e. The van der Waals surface area contributed by atoms with Gasteiger partial charge in [0.2, 0.25) is 0 Å². The number of thiophene rings is 1. The van der Waals surface area contributed by atoms with Gasteiger partial charge in [0, 0.05) is 31.9 Å². The maximum Gasteiger partial charge on any atom is 0.0496 e. The van der Waals surface area contributed by atoms with Crippen LogP contribution in [0.3, 0.4) is 0 Å². The zero-order valence-corrected chi connectivity index (χ0v) is 13.4. The van der Waals surface area contributed by atoms with E-state index < -0.39 is 0 Å². The average Bonchev–Trinajstić information content (AvgIpc) is 2.83. The van der Waals surface area contributed by atoms with E-state index in [1.807, 2.05) is 19.1 Å². The molecular weight excluding hydrogens is 297 g/mol. The quantitative estimate of drug-likeness (QED) is 0.716. The van der Waals surface area contributed by atoms with Crippen molar-refractivity contribution in [2.24, 2.45) is 0 Å². The Morgan fingerprint density at radius 1 is 1.16 bits per heavy atom. The monoisotopic (exact) mass is 313 g/mol. The highest BCUT2D eigenvalue weighted by atomic mass is 35.5. The Morgan fingerprint density at radius 3 is 2.68 bits per heavy atom. The van der Waals surface area contributed by atoms with E-state index in [9.17, 15) is 0 Å². The zero-order valence-electron chi connectivity index (χ0n) is 11.1. The summed E-state index contributed by atoms with van der Waals surface area (Å²) in [5.74, 6) is 0. The molecule has 0 spiro atoms. The first-order valence-electron chi connectivity index (χ1n) is 6.37. The summed E-state index contributed by atoms with van der Waals surface area (Å²) < 4.78 is 0. The SMILES string of the molecule is CCCNCc1ccc(-c2cc(Cl)c(C)cc2Cl)s1. The Bertz CT molecular complexity index is 563. The first-order chi connectivity index (χ1) is 9.11. The summed E-state index contributed by atoms with van der Waals surface area (Å²) in [6.45, 7) is 6.09. The van der Waals surface area contributed by atoms with Gasteiger partial charge in [0.1, 0.15) is 0 Å². The summed E-state index contributed by atoms with van der Waals surface area (Å²) in [6.07, 6.45) is 1.15. The Morgan fingerprint density at radius 2 is 1.95 bits per heavy atom. The van der Waals surface area contributed by atoms with Crippen LogP contribution in [0.2, 0.25) is 10.0 Å². The van der Waals surface area contributed by atoms with Gasteiger partial charge < -0.3 is 5.32 Å². The molecule has 19 heavy (non-hydrogen) atoms. The third-order valence-electron chi connectivity index (χ3n) is 2.90. The van der Waals surface area contributed by atoms with E-state index in [1.165, 1.54) is 9.75 Å². The van der Waals surface area contributed by atoms with Gasteiger partial charge in [0.15, 0.2) is 0 Å². The summed E-state index contributed by atoms with van der Waals surface area (Å²) in [5, 5.41) is 4.93. The van der Waals surface area contributed by atoms with E-state index in [2.05, 4.69) is 24.4 Å². The van der Waals surface area contributed by atoms with E-state index in [-0.39, 0.29) is 0 Å². The summed E-state index contributed by atoms with van der Waals surface area (Å²) in [5.41, 5.74) is 2.03. The number of nitrogens with one attached hydrogen (secondary N) is 1. The van der Waals surface area contributed by atoms with Crippen molar-refractivity contribution in [3.8, 4) is 10.4 Å². The lowest BCUT2D eigenvalue weighted by Crippen LogP contribution is -2.12. The molecule has 0 amide bonds. The van der Waals surface area contributed by atoms with Crippen LogP contribution in [0.1, 0.15) is 23.8 Å². The summed E-state index contributed by atoms with van der Waals surface area (Å²) in [7, 11) is 0. The van der Waals surface area contributed by atoms with Gasteiger partial charge >= 0.3 is 0 Å². The normalized spacial score (nSPS) is 10.9. The molecule has 1 nitrogen and oxygen atoms in total. The number of benzene rings is 1. The molecule has 0 aliphatic rings. The minimum absolute atomic E-state index is 0.761. The van der Waals surface area contributed by atoms with Crippen LogP contribution in [0.15, 0.2) is 24.3 Å². The van der Waals surface area contributed by atoms with Gasteiger partial charge in [-0.05, 0) is 49.7 Å². The van der Waals surface area contributed by atoms with E-state index in [0.717, 1.165) is 40.7 Å². The van der Waals surface area contributed by atoms with Gasteiger partial charge in [0.05, 0.1) is 0 Å². The molecule has 1 aromatic carbocycles. The third-order valence-corrected chi connectivity index (χ3v) is 4.74. The van der Waals surface area contributed by atoms with Crippen LogP contribution in [0.5, 0.6) is 0 Å². The van der Waals surface area contributed by atoms with Crippen molar-refractivity contribution in [2.75, 3.05) is 6.54 Å². The van der Waals surface area contributed by atoms with Crippen LogP contribution >= 0.6 is 34.5 Å². The van der Waals surface area contributed by atoms with Crippen molar-refractivity contribution >= 4 is 34.5 Å². The second kappa shape index (κ2) is 6.76. The standard InChI is InChI=1S/C15H17Cl2NS/c1-3-6-18-9-11-4-5-15(19-11)12-8-13(16)10(2)7-14(12)17/h4-5,7-8,18H,3,6,9H2,1-2H3. The Balaban J connectivity index is 2.20. The molecule has 0 fully saturated rings. The molecule has 1 N–H and O–H groups in total. The summed E-state index contributed by atoms with van der Waals surface area (Å²) in [4.78, 5) is 2.48.